The Hall–Kier alpha value is -4.95. The van der Waals surface area contributed by atoms with Crippen molar-refractivity contribution in [2.75, 3.05) is 55.6 Å². The van der Waals surface area contributed by atoms with Gasteiger partial charge in [0.2, 0.25) is 11.8 Å². The summed E-state index contributed by atoms with van der Waals surface area (Å²) in [6, 6.07) is 36.4. The molecule has 1 aromatic heterocycles. The number of imide groups is 1. The number of benzene rings is 4. The van der Waals surface area contributed by atoms with Crippen molar-refractivity contribution in [3.63, 3.8) is 0 Å². The maximum Gasteiger partial charge on any atom is 0.235 e. The van der Waals surface area contributed by atoms with Crippen molar-refractivity contribution in [2.45, 2.75) is 69.1 Å². The molecule has 8 nitrogen and oxygen atoms in total. The number of rotatable bonds is 9. The molecule has 1 N–H and O–H groups in total. The first-order valence-electron chi connectivity index (χ1n) is 20.7. The quantitative estimate of drug-likeness (QED) is 0.156. The van der Waals surface area contributed by atoms with Crippen LogP contribution in [0.25, 0.3) is 10.9 Å². The van der Waals surface area contributed by atoms with E-state index >= 15 is 0 Å². The molecule has 2 amide bonds. The van der Waals surface area contributed by atoms with E-state index in [9.17, 15) is 9.59 Å². The fraction of sp³-hybridized carbons (Fsp3) is 0.426. The topological polar surface area (TPSA) is 73.7 Å². The van der Waals surface area contributed by atoms with Crippen LogP contribution in [0.4, 0.5) is 11.4 Å². The van der Waals surface area contributed by atoms with Crippen LogP contribution >= 0.6 is 0 Å². The van der Waals surface area contributed by atoms with Crippen LogP contribution in [0.15, 0.2) is 97.1 Å². The maximum absolute atomic E-state index is 12.6. The molecule has 3 aliphatic heterocycles. The number of hydrogen-bond donors (Lipinski definition) is 1. The van der Waals surface area contributed by atoms with Crippen LogP contribution in [0, 0.1) is 5.92 Å². The minimum absolute atomic E-state index is 0.194. The summed E-state index contributed by atoms with van der Waals surface area (Å²) in [4.78, 5) is 32.0. The van der Waals surface area contributed by atoms with E-state index in [1.54, 1.807) is 0 Å². The smallest absolute Gasteiger partial charge is 0.235 e. The Morgan fingerprint density at radius 2 is 1.44 bits per heavy atom. The summed E-state index contributed by atoms with van der Waals surface area (Å²) in [5.41, 5.74) is 10.3. The Labute approximate surface area is 325 Å². The van der Waals surface area contributed by atoms with E-state index in [4.69, 9.17) is 5.10 Å². The van der Waals surface area contributed by atoms with E-state index in [1.807, 2.05) is 11.7 Å². The van der Waals surface area contributed by atoms with Gasteiger partial charge in [-0.1, -0.05) is 66.7 Å². The Morgan fingerprint density at radius 1 is 0.709 bits per heavy atom. The van der Waals surface area contributed by atoms with Crippen molar-refractivity contribution in [1.82, 2.24) is 20.0 Å². The third kappa shape index (κ3) is 7.41. The molecule has 284 valence electrons. The third-order valence-corrected chi connectivity index (χ3v) is 13.2. The lowest BCUT2D eigenvalue weighted by Crippen LogP contribution is -2.46. The van der Waals surface area contributed by atoms with Crippen LogP contribution in [0.3, 0.4) is 0 Å². The van der Waals surface area contributed by atoms with Crippen LogP contribution in [-0.2, 0) is 23.1 Å². The largest absolute Gasteiger partial charge is 0.372 e. The van der Waals surface area contributed by atoms with E-state index in [-0.39, 0.29) is 17.7 Å². The van der Waals surface area contributed by atoms with Crippen molar-refractivity contribution in [1.29, 1.82) is 0 Å². The molecule has 9 rings (SSSR count). The number of carbonyl (C=O) groups excluding carboxylic acids is 2. The monoisotopic (exact) mass is 734 g/mol. The first-order valence-corrected chi connectivity index (χ1v) is 20.7. The van der Waals surface area contributed by atoms with Gasteiger partial charge in [-0.25, -0.2) is 0 Å². The fourth-order valence-corrected chi connectivity index (χ4v) is 10.1. The number of fused-ring (bicyclic) bond motifs is 2. The number of nitrogens with zero attached hydrogens (tertiary/aromatic N) is 5. The van der Waals surface area contributed by atoms with E-state index in [1.165, 1.54) is 72.3 Å². The molecule has 4 heterocycles. The normalized spacial score (nSPS) is 22.5. The molecule has 0 radical (unpaired) electrons. The Bertz CT molecular complexity index is 2130. The van der Waals surface area contributed by atoms with Crippen LogP contribution in [-0.4, -0.2) is 72.3 Å². The summed E-state index contributed by atoms with van der Waals surface area (Å²) in [5.74, 6) is 0.918. The number of aromatic nitrogens is 2. The zero-order valence-corrected chi connectivity index (χ0v) is 32.2. The summed E-state index contributed by atoms with van der Waals surface area (Å²) in [5, 5.41) is 8.22. The van der Waals surface area contributed by atoms with Gasteiger partial charge in [0, 0.05) is 75.4 Å². The van der Waals surface area contributed by atoms with E-state index in [0.717, 1.165) is 68.2 Å². The molecular formula is C47H54N6O2. The van der Waals surface area contributed by atoms with Gasteiger partial charge in [-0.15, -0.1) is 0 Å². The number of anilines is 2. The van der Waals surface area contributed by atoms with Crippen molar-refractivity contribution in [3.05, 3.63) is 125 Å². The van der Waals surface area contributed by atoms with Gasteiger partial charge < -0.3 is 9.80 Å². The molecule has 1 aliphatic carbocycles. The molecular weight excluding hydrogens is 681 g/mol. The second kappa shape index (κ2) is 15.7. The zero-order chi connectivity index (χ0) is 37.3. The second-order valence-electron chi connectivity index (χ2n) is 16.4. The molecule has 3 unspecified atom stereocenters. The number of amides is 2. The van der Waals surface area contributed by atoms with Gasteiger partial charge in [0.05, 0.1) is 17.1 Å². The van der Waals surface area contributed by atoms with Crippen LogP contribution in [0.5, 0.6) is 0 Å². The molecule has 0 bridgehead atoms. The molecule has 0 spiro atoms. The predicted molar refractivity (Wildman–Crippen MR) is 221 cm³/mol. The van der Waals surface area contributed by atoms with Crippen LogP contribution in [0.1, 0.15) is 90.6 Å². The number of nitrogens with one attached hydrogen (secondary N) is 1. The molecule has 3 saturated heterocycles. The lowest BCUT2D eigenvalue weighted by molar-refractivity contribution is -0.134. The van der Waals surface area contributed by atoms with Gasteiger partial charge in [-0.2, -0.15) is 5.10 Å². The van der Waals surface area contributed by atoms with Gasteiger partial charge in [0.15, 0.2) is 0 Å². The van der Waals surface area contributed by atoms with Gasteiger partial charge in [-0.3, -0.25) is 24.5 Å². The molecule has 55 heavy (non-hydrogen) atoms. The van der Waals surface area contributed by atoms with Crippen molar-refractivity contribution < 1.29 is 9.59 Å². The summed E-state index contributed by atoms with van der Waals surface area (Å²) in [7, 11) is 1.94. The number of aryl methyl sites for hydroxylation is 2. The Morgan fingerprint density at radius 3 is 2.22 bits per heavy atom. The van der Waals surface area contributed by atoms with E-state index in [0.29, 0.717) is 24.7 Å². The van der Waals surface area contributed by atoms with E-state index < -0.39 is 0 Å². The fourth-order valence-electron chi connectivity index (χ4n) is 10.1. The van der Waals surface area contributed by atoms with Gasteiger partial charge in [0.25, 0.3) is 0 Å². The van der Waals surface area contributed by atoms with Gasteiger partial charge in [-0.05, 0) is 116 Å². The van der Waals surface area contributed by atoms with Gasteiger partial charge >= 0.3 is 0 Å². The highest BCUT2D eigenvalue weighted by Crippen LogP contribution is 2.46. The SMILES string of the molecule is Cn1nc(C2CCC(=O)NC2=O)c2ccc(N3CCN(CCCC4CCN(c5ccc(C6c7ccccc7CCC6c6ccccc6)cc5)CC4)CC3)cc21. The summed E-state index contributed by atoms with van der Waals surface area (Å²) in [6.45, 7) is 7.67. The highest BCUT2D eigenvalue weighted by molar-refractivity contribution is 6.02. The molecule has 4 aromatic carbocycles. The highest BCUT2D eigenvalue weighted by Gasteiger charge is 2.33. The average Bonchev–Trinajstić information content (AvgIpc) is 3.56. The number of piperazine rings is 1. The number of piperidine rings is 2. The molecule has 5 aromatic rings. The van der Waals surface area contributed by atoms with Crippen molar-refractivity contribution in [2.24, 2.45) is 13.0 Å². The van der Waals surface area contributed by atoms with Crippen molar-refractivity contribution >= 4 is 34.1 Å². The zero-order valence-electron chi connectivity index (χ0n) is 32.2. The molecule has 8 heteroatoms. The third-order valence-electron chi connectivity index (χ3n) is 13.2. The molecule has 4 aliphatic rings. The van der Waals surface area contributed by atoms with Gasteiger partial charge in [0.1, 0.15) is 0 Å². The molecule has 3 atom stereocenters. The van der Waals surface area contributed by atoms with Crippen LogP contribution < -0.4 is 15.1 Å². The molecule has 3 fully saturated rings. The minimum Gasteiger partial charge on any atom is -0.372 e. The lowest BCUT2D eigenvalue weighted by atomic mass is 9.69. The highest BCUT2D eigenvalue weighted by atomic mass is 16.2. The summed E-state index contributed by atoms with van der Waals surface area (Å²) >= 11 is 0. The van der Waals surface area contributed by atoms with E-state index in [2.05, 4.69) is 117 Å². The number of carbonyl (C=O) groups is 2. The summed E-state index contributed by atoms with van der Waals surface area (Å²) < 4.78 is 1.88. The van der Waals surface area contributed by atoms with Crippen LogP contribution in [0.2, 0.25) is 0 Å². The minimum atomic E-state index is -0.375. The molecule has 0 saturated carbocycles. The average molecular weight is 735 g/mol. The maximum atomic E-state index is 12.6. The standard InChI is InChI=1S/C47H54N6O2/c1-50-43-32-38(18-20-41(43)46(49-50)42-21-22-44(54)48-47(42)55)53-30-28-51(29-31-53)25-7-8-33-23-26-52(27-24-33)37-16-13-36(14-17-37)45-39-12-6-5-11-35(39)15-19-40(45)34-9-3-2-4-10-34/h2-6,9-14,16-18,20,32-33,40,42,45H,7-8,15,19,21-31H2,1H3,(H,48,54,55). The predicted octanol–water partition coefficient (Wildman–Crippen LogP) is 7.77. The van der Waals surface area contributed by atoms with Crippen molar-refractivity contribution in [3.8, 4) is 0 Å². The first-order chi connectivity index (χ1) is 27.0. The first kappa shape index (κ1) is 35.7. The lowest BCUT2D eigenvalue weighted by Gasteiger charge is -2.37. The second-order valence-corrected chi connectivity index (χ2v) is 16.4. The Balaban J connectivity index is 0.744. The number of hydrogen-bond acceptors (Lipinski definition) is 6. The Kier molecular flexibility index (Phi) is 10.2. The summed E-state index contributed by atoms with van der Waals surface area (Å²) in [6.07, 6.45) is 8.38.